The van der Waals surface area contributed by atoms with Gasteiger partial charge in [-0.2, -0.15) is 0 Å². The normalized spacial score (nSPS) is 9.30. The van der Waals surface area contributed by atoms with E-state index in [0.29, 0.717) is 0 Å². The monoisotopic (exact) mass is 141 g/mol. The maximum Gasteiger partial charge on any atom is 0.244 e. The fourth-order valence-corrected chi connectivity index (χ4v) is 0.588. The Morgan fingerprint density at radius 1 is 1.40 bits per heavy atom. The number of hydrogen-bond acceptors (Lipinski definition) is 1. The third kappa shape index (κ3) is 5.35. The van der Waals surface area contributed by atoms with Crippen LogP contribution in [0, 0.1) is 0 Å². The Morgan fingerprint density at radius 3 is 2.20 bits per heavy atom. The van der Waals surface area contributed by atoms with Crippen LogP contribution in [0.3, 0.4) is 0 Å². The highest BCUT2D eigenvalue weighted by molar-refractivity contribution is 5.88. The molecule has 0 bridgehead atoms. The van der Waals surface area contributed by atoms with Gasteiger partial charge in [-0.3, -0.25) is 4.79 Å². The van der Waals surface area contributed by atoms with Gasteiger partial charge in [0.05, 0.1) is 0 Å². The minimum atomic E-state index is -0.00463. The fourth-order valence-electron chi connectivity index (χ4n) is 0.588. The number of nitrogens with one attached hydrogen (secondary N) is 1. The van der Waals surface area contributed by atoms with E-state index < -0.39 is 0 Å². The molecule has 0 heterocycles. The van der Waals surface area contributed by atoms with Crippen LogP contribution in [0.2, 0.25) is 0 Å². The molecule has 0 aliphatic rings. The Morgan fingerprint density at radius 2 is 1.90 bits per heavy atom. The highest BCUT2D eigenvalue weighted by atomic mass is 16.1. The summed E-state index contributed by atoms with van der Waals surface area (Å²) in [6.07, 6.45) is 1.60. The minimum absolute atomic E-state index is 0.00463. The molecule has 0 unspecified atom stereocenters. The molecule has 10 heavy (non-hydrogen) atoms. The SMILES string of the molecule is CC(C)=CC(=O)NC(C)C. The van der Waals surface area contributed by atoms with Gasteiger partial charge in [-0.15, -0.1) is 0 Å². The van der Waals surface area contributed by atoms with Gasteiger partial charge in [-0.1, -0.05) is 5.57 Å². The first kappa shape index (κ1) is 9.21. The quantitative estimate of drug-likeness (QED) is 0.580. The Labute approximate surface area is 62.3 Å². The fraction of sp³-hybridized carbons (Fsp3) is 0.625. The van der Waals surface area contributed by atoms with Crippen molar-refractivity contribution in [2.75, 3.05) is 0 Å². The molecule has 0 atom stereocenters. The first-order valence-electron chi connectivity index (χ1n) is 3.47. The van der Waals surface area contributed by atoms with Crippen LogP contribution < -0.4 is 5.32 Å². The van der Waals surface area contributed by atoms with Crippen LogP contribution in [0.4, 0.5) is 0 Å². The summed E-state index contributed by atoms with van der Waals surface area (Å²) in [5, 5.41) is 2.76. The predicted molar refractivity (Wildman–Crippen MR) is 42.7 cm³/mol. The zero-order valence-corrected chi connectivity index (χ0v) is 7.06. The highest BCUT2D eigenvalue weighted by Crippen LogP contribution is 1.87. The second kappa shape index (κ2) is 4.09. The van der Waals surface area contributed by atoms with Gasteiger partial charge in [-0.05, 0) is 27.7 Å². The van der Waals surface area contributed by atoms with Gasteiger partial charge >= 0.3 is 0 Å². The van der Waals surface area contributed by atoms with Crippen LogP contribution in [0.1, 0.15) is 27.7 Å². The molecule has 0 saturated carbocycles. The van der Waals surface area contributed by atoms with Crippen LogP contribution in [0.5, 0.6) is 0 Å². The molecule has 2 heteroatoms. The van der Waals surface area contributed by atoms with Crippen molar-refractivity contribution in [2.45, 2.75) is 33.7 Å². The van der Waals surface area contributed by atoms with Crippen molar-refractivity contribution in [1.82, 2.24) is 5.32 Å². The van der Waals surface area contributed by atoms with E-state index in [1.165, 1.54) is 0 Å². The Balaban J connectivity index is 3.76. The van der Waals surface area contributed by atoms with Crippen molar-refractivity contribution in [3.05, 3.63) is 11.6 Å². The molecule has 1 amide bonds. The van der Waals surface area contributed by atoms with E-state index >= 15 is 0 Å². The van der Waals surface area contributed by atoms with Gasteiger partial charge in [-0.25, -0.2) is 0 Å². The summed E-state index contributed by atoms with van der Waals surface area (Å²) in [5.74, 6) is -0.00463. The van der Waals surface area contributed by atoms with Crippen molar-refractivity contribution in [3.8, 4) is 0 Å². The summed E-state index contributed by atoms with van der Waals surface area (Å²) in [6.45, 7) is 7.69. The van der Waals surface area contributed by atoms with E-state index in [1.807, 2.05) is 27.7 Å². The van der Waals surface area contributed by atoms with E-state index in [4.69, 9.17) is 0 Å². The predicted octanol–water partition coefficient (Wildman–Crippen LogP) is 1.48. The second-order valence-corrected chi connectivity index (χ2v) is 2.88. The first-order chi connectivity index (χ1) is 4.52. The van der Waals surface area contributed by atoms with Crippen LogP contribution in [0.15, 0.2) is 11.6 Å². The number of carbonyl (C=O) groups is 1. The molecule has 0 aliphatic carbocycles. The van der Waals surface area contributed by atoms with Gasteiger partial charge in [0.15, 0.2) is 0 Å². The molecule has 0 saturated heterocycles. The average molecular weight is 141 g/mol. The van der Waals surface area contributed by atoms with Crippen molar-refractivity contribution in [3.63, 3.8) is 0 Å². The van der Waals surface area contributed by atoms with Gasteiger partial charge in [0, 0.05) is 12.1 Å². The first-order valence-corrected chi connectivity index (χ1v) is 3.47. The van der Waals surface area contributed by atoms with E-state index in [9.17, 15) is 4.79 Å². The summed E-state index contributed by atoms with van der Waals surface area (Å²) in [6, 6.07) is 0.225. The summed E-state index contributed by atoms with van der Waals surface area (Å²) < 4.78 is 0. The van der Waals surface area contributed by atoms with Crippen LogP contribution in [0.25, 0.3) is 0 Å². The van der Waals surface area contributed by atoms with E-state index in [1.54, 1.807) is 6.08 Å². The number of carbonyl (C=O) groups excluding carboxylic acids is 1. The molecule has 58 valence electrons. The Bertz CT molecular complexity index is 143. The van der Waals surface area contributed by atoms with E-state index in [2.05, 4.69) is 5.32 Å². The molecule has 1 N–H and O–H groups in total. The maximum atomic E-state index is 10.9. The van der Waals surface area contributed by atoms with Gasteiger partial charge in [0.25, 0.3) is 0 Å². The van der Waals surface area contributed by atoms with E-state index in [0.717, 1.165) is 5.57 Å². The summed E-state index contributed by atoms with van der Waals surface area (Å²) in [4.78, 5) is 10.9. The average Bonchev–Trinajstić information content (AvgIpc) is 1.58. The summed E-state index contributed by atoms with van der Waals surface area (Å²) in [5.41, 5.74) is 1.03. The molecule has 0 aromatic rings. The van der Waals surface area contributed by atoms with Crippen molar-refractivity contribution < 1.29 is 4.79 Å². The zero-order chi connectivity index (χ0) is 8.15. The standard InChI is InChI=1S/C8H15NO/c1-6(2)5-8(10)9-7(3)4/h5,7H,1-4H3,(H,9,10). The molecular formula is C8H15NO. The third-order valence-electron chi connectivity index (χ3n) is 0.851. The Kier molecular flexibility index (Phi) is 3.77. The molecule has 0 aliphatic heterocycles. The maximum absolute atomic E-state index is 10.9. The lowest BCUT2D eigenvalue weighted by molar-refractivity contribution is -0.117. The van der Waals surface area contributed by atoms with Gasteiger partial charge in [0.1, 0.15) is 0 Å². The highest BCUT2D eigenvalue weighted by Gasteiger charge is 1.96. The minimum Gasteiger partial charge on any atom is -0.350 e. The topological polar surface area (TPSA) is 29.1 Å². The number of rotatable bonds is 2. The molecule has 0 aromatic heterocycles. The van der Waals surface area contributed by atoms with Gasteiger partial charge in [0.2, 0.25) is 5.91 Å². The Hall–Kier alpha value is -0.790. The smallest absolute Gasteiger partial charge is 0.244 e. The molecule has 0 spiro atoms. The van der Waals surface area contributed by atoms with Crippen LogP contribution in [-0.2, 0) is 4.79 Å². The second-order valence-electron chi connectivity index (χ2n) is 2.88. The molecular weight excluding hydrogens is 126 g/mol. The zero-order valence-electron chi connectivity index (χ0n) is 7.06. The summed E-state index contributed by atoms with van der Waals surface area (Å²) in [7, 11) is 0. The third-order valence-corrected chi connectivity index (χ3v) is 0.851. The lowest BCUT2D eigenvalue weighted by atomic mass is 10.3. The van der Waals surface area contributed by atoms with Gasteiger partial charge < -0.3 is 5.32 Å². The largest absolute Gasteiger partial charge is 0.350 e. The molecule has 0 rings (SSSR count). The molecule has 0 aromatic carbocycles. The lowest BCUT2D eigenvalue weighted by Crippen LogP contribution is -2.28. The number of amides is 1. The summed E-state index contributed by atoms with van der Waals surface area (Å²) >= 11 is 0. The van der Waals surface area contributed by atoms with Crippen molar-refractivity contribution in [2.24, 2.45) is 0 Å². The van der Waals surface area contributed by atoms with Crippen LogP contribution in [-0.4, -0.2) is 11.9 Å². The number of hydrogen-bond donors (Lipinski definition) is 1. The number of allylic oxidation sites excluding steroid dienone is 1. The van der Waals surface area contributed by atoms with Crippen LogP contribution >= 0.6 is 0 Å². The molecule has 2 nitrogen and oxygen atoms in total. The van der Waals surface area contributed by atoms with Crippen molar-refractivity contribution in [1.29, 1.82) is 0 Å². The van der Waals surface area contributed by atoms with E-state index in [-0.39, 0.29) is 11.9 Å². The molecule has 0 fully saturated rings. The lowest BCUT2D eigenvalue weighted by Gasteiger charge is -2.04. The molecule has 0 radical (unpaired) electrons. The van der Waals surface area contributed by atoms with Crippen molar-refractivity contribution >= 4 is 5.91 Å².